The molecule has 1 aromatic carbocycles. The molecule has 0 heterocycles. The lowest BCUT2D eigenvalue weighted by atomic mass is 9.89. The summed E-state index contributed by atoms with van der Waals surface area (Å²) in [6, 6.07) is 5.55. The van der Waals surface area contributed by atoms with Crippen LogP contribution in [-0.2, 0) is 6.42 Å². The van der Waals surface area contributed by atoms with Crippen LogP contribution in [-0.4, -0.2) is 11.6 Å². The average molecular weight is 232 g/mol. The highest BCUT2D eigenvalue weighted by Crippen LogP contribution is 2.21. The minimum atomic E-state index is -0.0276. The fourth-order valence-electron chi connectivity index (χ4n) is 1.97. The lowest BCUT2D eigenvalue weighted by molar-refractivity contribution is 0.0915. The summed E-state index contributed by atoms with van der Waals surface area (Å²) in [5.41, 5.74) is 2.16. The van der Waals surface area contributed by atoms with E-state index in [0.29, 0.717) is 11.1 Å². The number of hydrogen-bond donors (Lipinski definition) is 0. The Balaban J connectivity index is 3.33. The maximum absolute atomic E-state index is 12.2. The van der Waals surface area contributed by atoms with Gasteiger partial charge in [-0.1, -0.05) is 39.0 Å². The Hall–Kier alpha value is -1.44. The summed E-state index contributed by atoms with van der Waals surface area (Å²) >= 11 is 0. The van der Waals surface area contributed by atoms with Crippen molar-refractivity contribution in [2.45, 2.75) is 40.5 Å². The van der Waals surface area contributed by atoms with E-state index in [2.05, 4.69) is 0 Å². The summed E-state index contributed by atoms with van der Waals surface area (Å²) < 4.78 is 0. The van der Waals surface area contributed by atoms with Gasteiger partial charge in [-0.05, 0) is 25.3 Å². The third kappa shape index (κ3) is 2.82. The van der Waals surface area contributed by atoms with Gasteiger partial charge < -0.3 is 0 Å². The molecule has 2 nitrogen and oxygen atoms in total. The van der Waals surface area contributed by atoms with Crippen LogP contribution in [0.5, 0.6) is 0 Å². The number of rotatable bonds is 5. The molecule has 1 atom stereocenters. The lowest BCUT2D eigenvalue weighted by Gasteiger charge is -2.13. The summed E-state index contributed by atoms with van der Waals surface area (Å²) in [5.74, 6) is 0.0299. The monoisotopic (exact) mass is 232 g/mol. The molecular formula is C15H20O2. The van der Waals surface area contributed by atoms with Crippen LogP contribution in [0, 0.1) is 5.92 Å². The van der Waals surface area contributed by atoms with Crippen molar-refractivity contribution in [1.29, 1.82) is 0 Å². The quantitative estimate of drug-likeness (QED) is 0.726. The third-order valence-electron chi connectivity index (χ3n) is 3.21. The van der Waals surface area contributed by atoms with Gasteiger partial charge in [-0.3, -0.25) is 9.59 Å². The summed E-state index contributed by atoms with van der Waals surface area (Å²) in [6.45, 7) is 7.42. The molecule has 0 saturated heterocycles. The molecule has 1 aromatic rings. The highest BCUT2D eigenvalue weighted by Gasteiger charge is 2.20. The summed E-state index contributed by atoms with van der Waals surface area (Å²) in [4.78, 5) is 23.9. The normalized spacial score (nSPS) is 12.2. The van der Waals surface area contributed by atoms with E-state index < -0.39 is 0 Å². The van der Waals surface area contributed by atoms with E-state index in [1.165, 1.54) is 6.92 Å². The van der Waals surface area contributed by atoms with Crippen molar-refractivity contribution in [3.8, 4) is 0 Å². The van der Waals surface area contributed by atoms with Crippen LogP contribution in [0.25, 0.3) is 0 Å². The number of ketones is 2. The van der Waals surface area contributed by atoms with Gasteiger partial charge in [-0.2, -0.15) is 0 Å². The summed E-state index contributed by atoms with van der Waals surface area (Å²) in [7, 11) is 0. The van der Waals surface area contributed by atoms with Gasteiger partial charge in [0.15, 0.2) is 11.6 Å². The predicted molar refractivity (Wildman–Crippen MR) is 69.6 cm³/mol. The first kappa shape index (κ1) is 13.6. The van der Waals surface area contributed by atoms with Crippen LogP contribution < -0.4 is 0 Å². The van der Waals surface area contributed by atoms with Crippen molar-refractivity contribution in [3.63, 3.8) is 0 Å². The Bertz CT molecular complexity index is 433. The molecule has 1 rings (SSSR count). The third-order valence-corrected chi connectivity index (χ3v) is 3.21. The smallest absolute Gasteiger partial charge is 0.166 e. The molecular weight excluding hydrogens is 212 g/mol. The van der Waals surface area contributed by atoms with Crippen molar-refractivity contribution in [2.24, 2.45) is 5.92 Å². The SMILES string of the molecule is CCc1cccc(C(=O)C(C)CC)c1C(C)=O. The largest absolute Gasteiger partial charge is 0.294 e. The first-order valence-corrected chi connectivity index (χ1v) is 6.19. The maximum Gasteiger partial charge on any atom is 0.166 e. The van der Waals surface area contributed by atoms with E-state index in [4.69, 9.17) is 0 Å². The fourth-order valence-corrected chi connectivity index (χ4v) is 1.97. The second-order valence-electron chi connectivity index (χ2n) is 4.42. The van der Waals surface area contributed by atoms with Gasteiger partial charge in [0, 0.05) is 17.0 Å². The molecule has 0 aromatic heterocycles. The van der Waals surface area contributed by atoms with Crippen LogP contribution in [0.4, 0.5) is 0 Å². The number of carbonyl (C=O) groups is 2. The highest BCUT2D eigenvalue weighted by atomic mass is 16.1. The van der Waals surface area contributed by atoms with Gasteiger partial charge in [0.2, 0.25) is 0 Å². The molecule has 0 spiro atoms. The van der Waals surface area contributed by atoms with Crippen LogP contribution in [0.1, 0.15) is 60.4 Å². The second kappa shape index (κ2) is 5.76. The van der Waals surface area contributed by atoms with E-state index in [0.717, 1.165) is 18.4 Å². The van der Waals surface area contributed by atoms with Crippen molar-refractivity contribution in [3.05, 3.63) is 34.9 Å². The minimum absolute atomic E-state index is 0.0193. The van der Waals surface area contributed by atoms with Crippen LogP contribution in [0.2, 0.25) is 0 Å². The van der Waals surface area contributed by atoms with E-state index in [1.807, 2.05) is 32.9 Å². The molecule has 0 fully saturated rings. The van der Waals surface area contributed by atoms with Gasteiger partial charge >= 0.3 is 0 Å². The molecule has 92 valence electrons. The van der Waals surface area contributed by atoms with E-state index in [1.54, 1.807) is 6.07 Å². The van der Waals surface area contributed by atoms with Gasteiger partial charge in [0.25, 0.3) is 0 Å². The molecule has 0 aliphatic rings. The second-order valence-corrected chi connectivity index (χ2v) is 4.42. The zero-order valence-corrected chi connectivity index (χ0v) is 11.0. The molecule has 17 heavy (non-hydrogen) atoms. The number of benzene rings is 1. The Labute approximate surface area is 103 Å². The first-order chi connectivity index (χ1) is 8.02. The van der Waals surface area contributed by atoms with Gasteiger partial charge in [-0.15, -0.1) is 0 Å². The van der Waals surface area contributed by atoms with Crippen molar-refractivity contribution < 1.29 is 9.59 Å². The average Bonchev–Trinajstić information content (AvgIpc) is 2.35. The standard InChI is InChI=1S/C15H20O2/c1-5-10(3)15(17)13-9-7-8-12(6-2)14(13)11(4)16/h7-10H,5-6H2,1-4H3. The Morgan fingerprint density at radius 2 is 1.88 bits per heavy atom. The highest BCUT2D eigenvalue weighted by molar-refractivity contribution is 6.09. The maximum atomic E-state index is 12.2. The molecule has 0 N–H and O–H groups in total. The first-order valence-electron chi connectivity index (χ1n) is 6.19. The van der Waals surface area contributed by atoms with Gasteiger partial charge in [0.05, 0.1) is 0 Å². The molecule has 1 unspecified atom stereocenters. The Morgan fingerprint density at radius 3 is 2.35 bits per heavy atom. The van der Waals surface area contributed by atoms with Crippen LogP contribution in [0.15, 0.2) is 18.2 Å². The van der Waals surface area contributed by atoms with E-state index >= 15 is 0 Å². The number of hydrogen-bond acceptors (Lipinski definition) is 2. The Morgan fingerprint density at radius 1 is 1.24 bits per heavy atom. The topological polar surface area (TPSA) is 34.1 Å². The summed E-state index contributed by atoms with van der Waals surface area (Å²) in [6.07, 6.45) is 1.57. The molecule has 0 aliphatic heterocycles. The number of aryl methyl sites for hydroxylation is 1. The van der Waals surface area contributed by atoms with Crippen molar-refractivity contribution in [2.75, 3.05) is 0 Å². The number of Topliss-reactive ketones (excluding diaryl/α,β-unsaturated/α-hetero) is 2. The molecule has 0 aliphatic carbocycles. The molecule has 0 saturated carbocycles. The molecule has 0 bridgehead atoms. The predicted octanol–water partition coefficient (Wildman–Crippen LogP) is 3.68. The summed E-state index contributed by atoms with van der Waals surface area (Å²) in [5, 5.41) is 0. The molecule has 0 radical (unpaired) electrons. The van der Waals surface area contributed by atoms with Gasteiger partial charge in [0.1, 0.15) is 0 Å². The van der Waals surface area contributed by atoms with E-state index in [9.17, 15) is 9.59 Å². The fraction of sp³-hybridized carbons (Fsp3) is 0.467. The minimum Gasteiger partial charge on any atom is -0.294 e. The van der Waals surface area contributed by atoms with Crippen LogP contribution >= 0.6 is 0 Å². The Kier molecular flexibility index (Phi) is 4.62. The number of carbonyl (C=O) groups excluding carboxylic acids is 2. The van der Waals surface area contributed by atoms with Crippen molar-refractivity contribution >= 4 is 11.6 Å². The lowest BCUT2D eigenvalue weighted by Crippen LogP contribution is -2.15. The molecule has 2 heteroatoms. The molecule has 0 amide bonds. The zero-order valence-electron chi connectivity index (χ0n) is 11.0. The van der Waals surface area contributed by atoms with E-state index in [-0.39, 0.29) is 17.5 Å². The van der Waals surface area contributed by atoms with Crippen LogP contribution in [0.3, 0.4) is 0 Å². The zero-order chi connectivity index (χ0) is 13.0. The van der Waals surface area contributed by atoms with Gasteiger partial charge in [-0.25, -0.2) is 0 Å². The van der Waals surface area contributed by atoms with Crippen molar-refractivity contribution in [1.82, 2.24) is 0 Å².